The fourth-order valence-corrected chi connectivity index (χ4v) is 4.71. The first-order valence-corrected chi connectivity index (χ1v) is 9.54. The van der Waals surface area contributed by atoms with Crippen molar-refractivity contribution in [2.45, 2.75) is 57.6 Å². The van der Waals surface area contributed by atoms with Gasteiger partial charge in [0.05, 0.1) is 5.60 Å². The highest BCUT2D eigenvalue weighted by Gasteiger charge is 2.43. The number of benzene rings is 1. The van der Waals surface area contributed by atoms with Gasteiger partial charge in [-0.25, -0.2) is 0 Å². The summed E-state index contributed by atoms with van der Waals surface area (Å²) < 4.78 is 0. The van der Waals surface area contributed by atoms with Crippen molar-refractivity contribution in [1.29, 1.82) is 0 Å². The molecule has 0 bridgehead atoms. The zero-order valence-corrected chi connectivity index (χ0v) is 15.7. The number of hydrogen-bond acceptors (Lipinski definition) is 3. The van der Waals surface area contributed by atoms with E-state index in [4.69, 9.17) is 0 Å². The summed E-state index contributed by atoms with van der Waals surface area (Å²) in [7, 11) is 4.12. The van der Waals surface area contributed by atoms with E-state index < -0.39 is 5.60 Å². The smallest absolute Gasteiger partial charge is 0.0774 e. The molecule has 1 aliphatic carbocycles. The van der Waals surface area contributed by atoms with Gasteiger partial charge in [-0.3, -0.25) is 4.90 Å². The third-order valence-corrected chi connectivity index (χ3v) is 6.42. The maximum atomic E-state index is 10.8. The quantitative estimate of drug-likeness (QED) is 0.916. The number of rotatable bonds is 4. The van der Waals surface area contributed by atoms with Gasteiger partial charge >= 0.3 is 0 Å². The van der Waals surface area contributed by atoms with E-state index in [1.807, 2.05) is 0 Å². The van der Waals surface area contributed by atoms with Crippen molar-refractivity contribution in [3.63, 3.8) is 0 Å². The second-order valence-corrected chi connectivity index (χ2v) is 8.66. The lowest BCUT2D eigenvalue weighted by molar-refractivity contribution is -0.0638. The Balaban J connectivity index is 1.51. The minimum Gasteiger partial charge on any atom is -0.389 e. The van der Waals surface area contributed by atoms with E-state index in [2.05, 4.69) is 55.1 Å². The van der Waals surface area contributed by atoms with Crippen LogP contribution in [0.25, 0.3) is 0 Å². The van der Waals surface area contributed by atoms with Crippen molar-refractivity contribution in [2.24, 2.45) is 5.41 Å². The van der Waals surface area contributed by atoms with Crippen LogP contribution in [0.5, 0.6) is 0 Å². The fourth-order valence-electron chi connectivity index (χ4n) is 4.71. The molecule has 0 unspecified atom stereocenters. The van der Waals surface area contributed by atoms with E-state index in [0.29, 0.717) is 5.41 Å². The molecule has 0 amide bonds. The van der Waals surface area contributed by atoms with Crippen LogP contribution in [-0.4, -0.2) is 54.2 Å². The molecule has 0 aromatic heterocycles. The molecule has 2 aliphatic rings. The first kappa shape index (κ1) is 17.9. The van der Waals surface area contributed by atoms with Gasteiger partial charge in [-0.1, -0.05) is 24.3 Å². The van der Waals surface area contributed by atoms with Gasteiger partial charge in [-0.2, -0.15) is 0 Å². The molecule has 1 heterocycles. The summed E-state index contributed by atoms with van der Waals surface area (Å²) in [6.07, 6.45) is 6.96. The van der Waals surface area contributed by atoms with Crippen molar-refractivity contribution in [1.82, 2.24) is 9.80 Å². The number of nitrogens with zero attached hydrogens (tertiary/aromatic N) is 2. The number of aliphatic hydroxyl groups is 1. The number of hydrogen-bond donors (Lipinski definition) is 1. The van der Waals surface area contributed by atoms with Crippen LogP contribution in [0.3, 0.4) is 0 Å². The van der Waals surface area contributed by atoms with Crippen molar-refractivity contribution >= 4 is 0 Å². The molecule has 0 radical (unpaired) electrons. The van der Waals surface area contributed by atoms with Crippen LogP contribution in [0.15, 0.2) is 24.3 Å². The lowest BCUT2D eigenvalue weighted by Crippen LogP contribution is -2.48. The lowest BCUT2D eigenvalue weighted by atomic mass is 9.64. The van der Waals surface area contributed by atoms with Gasteiger partial charge in [-0.15, -0.1) is 0 Å². The average molecular weight is 331 g/mol. The van der Waals surface area contributed by atoms with Gasteiger partial charge in [0.15, 0.2) is 0 Å². The van der Waals surface area contributed by atoms with Crippen LogP contribution in [-0.2, 0) is 6.54 Å². The number of piperidine rings is 1. The van der Waals surface area contributed by atoms with Crippen LogP contribution >= 0.6 is 0 Å². The third-order valence-electron chi connectivity index (χ3n) is 6.42. The molecule has 24 heavy (non-hydrogen) atoms. The van der Waals surface area contributed by atoms with E-state index in [0.717, 1.165) is 25.9 Å². The molecule has 0 atom stereocenters. The van der Waals surface area contributed by atoms with Crippen molar-refractivity contribution in [3.05, 3.63) is 35.4 Å². The minimum atomic E-state index is -0.451. The molecule has 1 aliphatic heterocycles. The van der Waals surface area contributed by atoms with E-state index >= 15 is 0 Å². The zero-order chi connectivity index (χ0) is 17.2. The molecule has 1 aromatic carbocycles. The highest BCUT2D eigenvalue weighted by molar-refractivity contribution is 5.25. The second-order valence-electron chi connectivity index (χ2n) is 8.66. The van der Waals surface area contributed by atoms with Crippen molar-refractivity contribution in [2.75, 3.05) is 33.7 Å². The molecule has 3 rings (SSSR count). The molecule has 1 aromatic rings. The van der Waals surface area contributed by atoms with Gasteiger partial charge in [0, 0.05) is 13.1 Å². The summed E-state index contributed by atoms with van der Waals surface area (Å²) in [4.78, 5) is 4.75. The summed E-state index contributed by atoms with van der Waals surface area (Å²) >= 11 is 0. The molecular weight excluding hydrogens is 296 g/mol. The Kier molecular flexibility index (Phi) is 5.33. The van der Waals surface area contributed by atoms with Crippen molar-refractivity contribution in [3.8, 4) is 0 Å². The molecule has 134 valence electrons. The Bertz CT molecular complexity index is 537. The molecule has 1 N–H and O–H groups in total. The first-order valence-electron chi connectivity index (χ1n) is 9.54. The molecule has 1 saturated carbocycles. The summed E-state index contributed by atoms with van der Waals surface area (Å²) in [5.41, 5.74) is 2.93. The molecular formula is C21H34N2O. The van der Waals surface area contributed by atoms with Crippen LogP contribution in [0.2, 0.25) is 0 Å². The molecule has 1 spiro atoms. The van der Waals surface area contributed by atoms with Crippen LogP contribution < -0.4 is 0 Å². The molecule has 1 saturated heterocycles. The van der Waals surface area contributed by atoms with Crippen LogP contribution in [0.4, 0.5) is 0 Å². The third kappa shape index (κ3) is 4.19. The van der Waals surface area contributed by atoms with Gasteiger partial charge in [-0.05, 0) is 89.2 Å². The Hall–Kier alpha value is -0.900. The highest BCUT2D eigenvalue weighted by Crippen LogP contribution is 2.47. The predicted octanol–water partition coefficient (Wildman–Crippen LogP) is 3.44. The van der Waals surface area contributed by atoms with Crippen LogP contribution in [0, 0.1) is 12.3 Å². The SMILES string of the molecule is Cc1ccccc1CN1CCC2(CC1)CCC(O)(CN(C)C)CC2. The molecule has 2 fully saturated rings. The number of aryl methyl sites for hydroxylation is 1. The number of likely N-dealkylation sites (tertiary alicyclic amines) is 1. The fraction of sp³-hybridized carbons (Fsp3) is 0.714. The van der Waals surface area contributed by atoms with Gasteiger partial charge in [0.2, 0.25) is 0 Å². The Morgan fingerprint density at radius 1 is 1.00 bits per heavy atom. The zero-order valence-electron chi connectivity index (χ0n) is 15.7. The summed E-state index contributed by atoms with van der Waals surface area (Å²) in [6, 6.07) is 8.76. The summed E-state index contributed by atoms with van der Waals surface area (Å²) in [6.45, 7) is 6.53. The minimum absolute atomic E-state index is 0.451. The largest absolute Gasteiger partial charge is 0.389 e. The Morgan fingerprint density at radius 3 is 2.21 bits per heavy atom. The second kappa shape index (κ2) is 7.15. The van der Waals surface area contributed by atoms with Gasteiger partial charge in [0.25, 0.3) is 0 Å². The van der Waals surface area contributed by atoms with Gasteiger partial charge < -0.3 is 10.0 Å². The van der Waals surface area contributed by atoms with E-state index in [1.165, 1.54) is 49.9 Å². The number of likely N-dealkylation sites (N-methyl/N-ethyl adjacent to an activating group) is 1. The summed E-state index contributed by atoms with van der Waals surface area (Å²) in [5.74, 6) is 0. The average Bonchev–Trinajstić information content (AvgIpc) is 2.54. The van der Waals surface area contributed by atoms with Crippen LogP contribution in [0.1, 0.15) is 49.7 Å². The maximum Gasteiger partial charge on any atom is 0.0774 e. The topological polar surface area (TPSA) is 26.7 Å². The monoisotopic (exact) mass is 330 g/mol. The van der Waals surface area contributed by atoms with E-state index in [-0.39, 0.29) is 0 Å². The van der Waals surface area contributed by atoms with E-state index in [9.17, 15) is 5.11 Å². The highest BCUT2D eigenvalue weighted by atomic mass is 16.3. The summed E-state index contributed by atoms with van der Waals surface area (Å²) in [5, 5.41) is 10.8. The normalized spacial score (nSPS) is 23.7. The Morgan fingerprint density at radius 2 is 1.62 bits per heavy atom. The maximum absolute atomic E-state index is 10.8. The standard InChI is InChI=1S/C21H34N2O/c1-18-6-4-5-7-19(18)16-23-14-12-20(13-15-23)8-10-21(24,11-9-20)17-22(2)3/h4-7,24H,8-17H2,1-3H3. The lowest BCUT2D eigenvalue weighted by Gasteiger charge is -2.49. The first-order chi connectivity index (χ1) is 11.4. The van der Waals surface area contributed by atoms with Crippen molar-refractivity contribution < 1.29 is 5.11 Å². The van der Waals surface area contributed by atoms with E-state index in [1.54, 1.807) is 0 Å². The predicted molar refractivity (Wildman–Crippen MR) is 100 cm³/mol. The van der Waals surface area contributed by atoms with Gasteiger partial charge in [0.1, 0.15) is 0 Å². The molecule has 3 nitrogen and oxygen atoms in total. The molecule has 3 heteroatoms. The Labute approximate surface area is 147 Å².